The lowest BCUT2D eigenvalue weighted by Gasteiger charge is -2.19. The highest BCUT2D eigenvalue weighted by atomic mass is 16.5. The molecule has 1 saturated heterocycles. The third-order valence-electron chi connectivity index (χ3n) is 3.75. The van der Waals surface area contributed by atoms with Crippen molar-refractivity contribution in [1.29, 1.82) is 0 Å². The molecular formula is C16H23NO3. The molecular weight excluding hydrogens is 254 g/mol. The average Bonchev–Trinajstić information content (AvgIpc) is 2.75. The average molecular weight is 277 g/mol. The minimum atomic E-state index is -0.909. The van der Waals surface area contributed by atoms with Crippen molar-refractivity contribution in [1.82, 2.24) is 4.90 Å². The van der Waals surface area contributed by atoms with Crippen molar-refractivity contribution < 1.29 is 14.6 Å². The largest absolute Gasteiger partial charge is 0.494 e. The summed E-state index contributed by atoms with van der Waals surface area (Å²) in [6.07, 6.45) is 2.27. The first-order valence-corrected chi connectivity index (χ1v) is 7.15. The quantitative estimate of drug-likeness (QED) is 0.812. The molecule has 20 heavy (non-hydrogen) atoms. The number of nitrogens with zero attached hydrogens (tertiary/aromatic N) is 1. The summed E-state index contributed by atoms with van der Waals surface area (Å²) in [7, 11) is 0. The summed E-state index contributed by atoms with van der Waals surface area (Å²) in [4.78, 5) is 13.2. The number of carboxylic acids is 1. The van der Waals surface area contributed by atoms with Crippen LogP contribution in [0.2, 0.25) is 0 Å². The lowest BCUT2D eigenvalue weighted by atomic mass is 9.93. The fourth-order valence-corrected chi connectivity index (χ4v) is 2.59. The fraction of sp³-hybridized carbons (Fsp3) is 0.562. The predicted molar refractivity (Wildman–Crippen MR) is 78.4 cm³/mol. The highest BCUT2D eigenvalue weighted by molar-refractivity contribution is 5.87. The van der Waals surface area contributed by atoms with Gasteiger partial charge in [-0.05, 0) is 49.1 Å². The van der Waals surface area contributed by atoms with E-state index in [0.29, 0.717) is 12.0 Å². The third kappa shape index (κ3) is 4.23. The van der Waals surface area contributed by atoms with Gasteiger partial charge in [-0.15, -0.1) is 0 Å². The molecule has 1 fully saturated rings. The molecule has 0 saturated carbocycles. The summed E-state index contributed by atoms with van der Waals surface area (Å²) >= 11 is 0. The van der Waals surface area contributed by atoms with Gasteiger partial charge in [0.25, 0.3) is 0 Å². The highest BCUT2D eigenvalue weighted by Gasteiger charge is 2.28. The Morgan fingerprint density at radius 3 is 2.60 bits per heavy atom. The van der Waals surface area contributed by atoms with E-state index in [1.165, 1.54) is 19.5 Å². The minimum absolute atomic E-state index is 0.289. The number of benzene rings is 1. The first-order chi connectivity index (χ1) is 9.46. The molecule has 1 N–H and O–H groups in total. The second kappa shape index (κ2) is 6.27. The van der Waals surface area contributed by atoms with Gasteiger partial charge < -0.3 is 14.7 Å². The molecule has 0 atom stereocenters. The van der Waals surface area contributed by atoms with Crippen LogP contribution in [0.3, 0.4) is 0 Å². The number of ether oxygens (including phenoxy) is 1. The Bertz CT molecular complexity index is 453. The van der Waals surface area contributed by atoms with Crippen molar-refractivity contribution in [3.8, 4) is 5.75 Å². The van der Waals surface area contributed by atoms with E-state index in [2.05, 4.69) is 18.7 Å². The lowest BCUT2D eigenvalue weighted by molar-refractivity contribution is 0.0697. The monoisotopic (exact) mass is 277 g/mol. The second-order valence-electron chi connectivity index (χ2n) is 6.22. The third-order valence-corrected chi connectivity index (χ3v) is 3.75. The molecule has 1 heterocycles. The molecule has 0 amide bonds. The van der Waals surface area contributed by atoms with Gasteiger partial charge in [-0.3, -0.25) is 0 Å². The van der Waals surface area contributed by atoms with Crippen molar-refractivity contribution in [3.05, 3.63) is 29.8 Å². The predicted octanol–water partition coefficient (Wildman–Crippen LogP) is 2.89. The molecule has 0 bridgehead atoms. The van der Waals surface area contributed by atoms with E-state index >= 15 is 0 Å². The first-order valence-electron chi connectivity index (χ1n) is 7.15. The van der Waals surface area contributed by atoms with Crippen LogP contribution in [0.1, 0.15) is 37.0 Å². The Morgan fingerprint density at radius 1 is 1.35 bits per heavy atom. The molecule has 4 nitrogen and oxygen atoms in total. The van der Waals surface area contributed by atoms with Crippen LogP contribution in [0.25, 0.3) is 0 Å². The summed E-state index contributed by atoms with van der Waals surface area (Å²) in [5, 5.41) is 8.81. The van der Waals surface area contributed by atoms with Gasteiger partial charge in [0.2, 0.25) is 0 Å². The molecule has 0 spiro atoms. The summed E-state index contributed by atoms with van der Waals surface area (Å²) in [5.74, 6) is -0.176. The summed E-state index contributed by atoms with van der Waals surface area (Å²) in [6.45, 7) is 8.71. The van der Waals surface area contributed by atoms with E-state index in [-0.39, 0.29) is 5.56 Å². The van der Waals surface area contributed by atoms with Crippen LogP contribution in [0.4, 0.5) is 0 Å². The number of rotatable bonds is 6. The van der Waals surface area contributed by atoms with Crippen molar-refractivity contribution in [2.24, 2.45) is 5.41 Å². The van der Waals surface area contributed by atoms with Crippen molar-refractivity contribution in [2.75, 3.05) is 26.2 Å². The number of carbonyl (C=O) groups is 1. The van der Waals surface area contributed by atoms with Crippen LogP contribution in [0, 0.1) is 5.41 Å². The van der Waals surface area contributed by atoms with Gasteiger partial charge in [-0.25, -0.2) is 4.79 Å². The molecule has 1 aliphatic rings. The maximum absolute atomic E-state index is 10.7. The first kappa shape index (κ1) is 14.9. The van der Waals surface area contributed by atoms with Gasteiger partial charge in [0.15, 0.2) is 0 Å². The zero-order valence-corrected chi connectivity index (χ0v) is 12.3. The number of likely N-dealkylation sites (tertiary alicyclic amines) is 1. The van der Waals surface area contributed by atoms with Gasteiger partial charge in [0.1, 0.15) is 5.75 Å². The van der Waals surface area contributed by atoms with Crippen molar-refractivity contribution >= 4 is 5.97 Å². The molecule has 1 aromatic carbocycles. The molecule has 1 aromatic rings. The molecule has 0 aromatic heterocycles. The smallest absolute Gasteiger partial charge is 0.335 e. The van der Waals surface area contributed by atoms with E-state index < -0.39 is 5.97 Å². The van der Waals surface area contributed by atoms with E-state index in [1.54, 1.807) is 24.3 Å². The zero-order valence-electron chi connectivity index (χ0n) is 12.3. The summed E-state index contributed by atoms with van der Waals surface area (Å²) in [5.41, 5.74) is 0.740. The zero-order chi connectivity index (χ0) is 14.6. The molecule has 0 aliphatic carbocycles. The van der Waals surface area contributed by atoms with Crippen LogP contribution in [0.5, 0.6) is 5.75 Å². The van der Waals surface area contributed by atoms with Crippen molar-refractivity contribution in [3.63, 3.8) is 0 Å². The number of carboxylic acid groups (broad SMARTS) is 1. The molecule has 0 radical (unpaired) electrons. The fourth-order valence-electron chi connectivity index (χ4n) is 2.59. The van der Waals surface area contributed by atoms with E-state index in [9.17, 15) is 4.79 Å². The Labute approximate surface area is 120 Å². The normalized spacial score (nSPS) is 18.1. The van der Waals surface area contributed by atoms with E-state index in [1.807, 2.05) is 0 Å². The Balaban J connectivity index is 1.67. The summed E-state index contributed by atoms with van der Waals surface area (Å²) in [6, 6.07) is 6.56. The maximum Gasteiger partial charge on any atom is 0.335 e. The van der Waals surface area contributed by atoms with E-state index in [4.69, 9.17) is 9.84 Å². The van der Waals surface area contributed by atoms with Gasteiger partial charge in [-0.2, -0.15) is 0 Å². The van der Waals surface area contributed by atoms with Gasteiger partial charge in [0, 0.05) is 13.1 Å². The van der Waals surface area contributed by atoms with Crippen LogP contribution >= 0.6 is 0 Å². The number of hydrogen-bond donors (Lipinski definition) is 1. The SMILES string of the molecule is CC1(C)CCN(CCCOc2ccc(C(=O)O)cc2)C1. The van der Waals surface area contributed by atoms with Crippen molar-refractivity contribution in [2.45, 2.75) is 26.7 Å². The number of aromatic carboxylic acids is 1. The van der Waals surface area contributed by atoms with Crippen LogP contribution in [0.15, 0.2) is 24.3 Å². The molecule has 110 valence electrons. The molecule has 0 unspecified atom stereocenters. The van der Waals surface area contributed by atoms with Gasteiger partial charge >= 0.3 is 5.97 Å². The topological polar surface area (TPSA) is 49.8 Å². The maximum atomic E-state index is 10.7. The Hall–Kier alpha value is -1.55. The highest BCUT2D eigenvalue weighted by Crippen LogP contribution is 2.28. The molecule has 1 aliphatic heterocycles. The number of hydrogen-bond acceptors (Lipinski definition) is 3. The van der Waals surface area contributed by atoms with Crippen LogP contribution in [-0.2, 0) is 0 Å². The lowest BCUT2D eigenvalue weighted by Crippen LogP contribution is -2.25. The van der Waals surface area contributed by atoms with Gasteiger partial charge in [-0.1, -0.05) is 13.8 Å². The van der Waals surface area contributed by atoms with Crippen LogP contribution in [-0.4, -0.2) is 42.2 Å². The molecule has 4 heteroatoms. The van der Waals surface area contributed by atoms with Gasteiger partial charge in [0.05, 0.1) is 12.2 Å². The van der Waals surface area contributed by atoms with E-state index in [0.717, 1.165) is 18.7 Å². The minimum Gasteiger partial charge on any atom is -0.494 e. The van der Waals surface area contributed by atoms with Crippen LogP contribution < -0.4 is 4.74 Å². The summed E-state index contributed by atoms with van der Waals surface area (Å²) < 4.78 is 5.63. The second-order valence-corrected chi connectivity index (χ2v) is 6.22. The Morgan fingerprint density at radius 2 is 2.05 bits per heavy atom. The Kier molecular flexibility index (Phi) is 4.65. The molecule has 2 rings (SSSR count). The standard InChI is InChI=1S/C16H23NO3/c1-16(2)8-10-17(12-16)9-3-11-20-14-6-4-13(5-7-14)15(18)19/h4-7H,3,8-12H2,1-2H3,(H,18,19).